The van der Waals surface area contributed by atoms with E-state index in [9.17, 15) is 13.2 Å². The molecule has 3 aromatic rings. The van der Waals surface area contributed by atoms with Gasteiger partial charge in [0.2, 0.25) is 11.8 Å². The molecule has 0 saturated carbocycles. The first-order valence-electron chi connectivity index (χ1n) is 8.17. The van der Waals surface area contributed by atoms with Crippen LogP contribution in [0.15, 0.2) is 52.9 Å². The van der Waals surface area contributed by atoms with Crippen LogP contribution in [0.4, 0.5) is 13.2 Å². The summed E-state index contributed by atoms with van der Waals surface area (Å²) in [4.78, 5) is 0. The van der Waals surface area contributed by atoms with Gasteiger partial charge in [-0.15, -0.1) is 10.2 Å². The quantitative estimate of drug-likeness (QED) is 0.598. The number of ether oxygens (including phenoxy) is 1. The van der Waals surface area contributed by atoms with Crippen LogP contribution in [0.3, 0.4) is 0 Å². The van der Waals surface area contributed by atoms with Crippen LogP contribution in [-0.2, 0) is 19.2 Å². The van der Waals surface area contributed by atoms with Crippen LogP contribution >= 0.6 is 0 Å². The van der Waals surface area contributed by atoms with Crippen molar-refractivity contribution in [2.45, 2.75) is 32.5 Å². The maximum absolute atomic E-state index is 12.5. The van der Waals surface area contributed by atoms with Gasteiger partial charge < -0.3 is 9.15 Å². The predicted molar refractivity (Wildman–Crippen MR) is 89.5 cm³/mol. The number of rotatable bonds is 6. The molecule has 7 heteroatoms. The Morgan fingerprint density at radius 3 is 2.27 bits per heavy atom. The van der Waals surface area contributed by atoms with Gasteiger partial charge in [-0.3, -0.25) is 0 Å². The van der Waals surface area contributed by atoms with Crippen molar-refractivity contribution in [2.24, 2.45) is 0 Å². The van der Waals surface area contributed by atoms with E-state index in [-0.39, 0.29) is 6.61 Å². The van der Waals surface area contributed by atoms with Crippen LogP contribution in [0.2, 0.25) is 0 Å². The molecule has 0 spiro atoms. The van der Waals surface area contributed by atoms with E-state index in [0.29, 0.717) is 23.1 Å². The van der Waals surface area contributed by atoms with Crippen molar-refractivity contribution >= 4 is 0 Å². The number of halogens is 3. The van der Waals surface area contributed by atoms with Crippen molar-refractivity contribution < 1.29 is 22.3 Å². The Balaban J connectivity index is 1.60. The first kappa shape index (κ1) is 18.0. The van der Waals surface area contributed by atoms with Gasteiger partial charge in [0.1, 0.15) is 12.4 Å². The van der Waals surface area contributed by atoms with Gasteiger partial charge in [-0.05, 0) is 48.4 Å². The highest BCUT2D eigenvalue weighted by atomic mass is 19.4. The van der Waals surface area contributed by atoms with Crippen LogP contribution in [0.25, 0.3) is 11.5 Å². The topological polar surface area (TPSA) is 48.2 Å². The highest BCUT2D eigenvalue weighted by molar-refractivity contribution is 5.53. The van der Waals surface area contributed by atoms with Gasteiger partial charge in [0.25, 0.3) is 0 Å². The lowest BCUT2D eigenvalue weighted by Crippen LogP contribution is -2.05. The number of nitrogens with zero attached hydrogens (tertiary/aromatic N) is 2. The second-order valence-electron chi connectivity index (χ2n) is 5.76. The predicted octanol–water partition coefficient (Wildman–Crippen LogP) is 5.29. The third-order valence-corrected chi connectivity index (χ3v) is 3.72. The zero-order valence-electron chi connectivity index (χ0n) is 14.1. The molecule has 0 bridgehead atoms. The number of aryl methyl sites for hydroxylation is 1. The van der Waals surface area contributed by atoms with Gasteiger partial charge in [-0.2, -0.15) is 13.2 Å². The Hall–Kier alpha value is -2.83. The molecule has 4 nitrogen and oxygen atoms in total. The van der Waals surface area contributed by atoms with E-state index >= 15 is 0 Å². The maximum atomic E-state index is 12.5. The largest absolute Gasteiger partial charge is 0.489 e. The molecule has 0 aliphatic rings. The van der Waals surface area contributed by atoms with Gasteiger partial charge in [-0.1, -0.05) is 19.1 Å². The molecular formula is C19H17F3N2O2. The Morgan fingerprint density at radius 2 is 1.65 bits per heavy atom. The summed E-state index contributed by atoms with van der Waals surface area (Å²) in [5.41, 5.74) is 0.762. The zero-order valence-corrected chi connectivity index (χ0v) is 14.1. The van der Waals surface area contributed by atoms with Crippen molar-refractivity contribution in [1.29, 1.82) is 0 Å². The van der Waals surface area contributed by atoms with E-state index in [1.54, 1.807) is 24.3 Å². The van der Waals surface area contributed by atoms with Crippen LogP contribution in [0.5, 0.6) is 5.75 Å². The van der Waals surface area contributed by atoms with Crippen molar-refractivity contribution in [3.63, 3.8) is 0 Å². The van der Waals surface area contributed by atoms with E-state index in [4.69, 9.17) is 9.15 Å². The summed E-state index contributed by atoms with van der Waals surface area (Å²) in [5.74, 6) is 1.65. The summed E-state index contributed by atoms with van der Waals surface area (Å²) in [7, 11) is 0. The number of alkyl halides is 3. The fourth-order valence-electron chi connectivity index (χ4n) is 2.34. The first-order chi connectivity index (χ1) is 12.5. The first-order valence-corrected chi connectivity index (χ1v) is 8.17. The molecule has 0 saturated heterocycles. The number of hydrogen-bond donors (Lipinski definition) is 0. The fraction of sp³-hybridized carbons (Fsp3) is 0.263. The summed E-state index contributed by atoms with van der Waals surface area (Å²) < 4.78 is 48.8. The van der Waals surface area contributed by atoms with Crippen LogP contribution < -0.4 is 4.74 Å². The Labute approximate surface area is 148 Å². The summed E-state index contributed by atoms with van der Waals surface area (Å²) in [6.07, 6.45) is -2.67. The average molecular weight is 362 g/mol. The molecule has 136 valence electrons. The molecule has 3 rings (SSSR count). The van der Waals surface area contributed by atoms with Crippen molar-refractivity contribution in [2.75, 3.05) is 0 Å². The zero-order chi connectivity index (χ0) is 18.6. The van der Waals surface area contributed by atoms with Crippen molar-refractivity contribution in [3.05, 3.63) is 65.5 Å². The normalized spacial score (nSPS) is 11.5. The molecule has 0 unspecified atom stereocenters. The van der Waals surface area contributed by atoms with E-state index < -0.39 is 11.7 Å². The van der Waals surface area contributed by atoms with E-state index in [1.807, 2.05) is 6.92 Å². The maximum Gasteiger partial charge on any atom is 0.416 e. The molecule has 1 aromatic heterocycles. The molecule has 0 aliphatic heterocycles. The van der Waals surface area contributed by atoms with E-state index in [2.05, 4.69) is 10.2 Å². The third kappa shape index (κ3) is 4.41. The van der Waals surface area contributed by atoms with E-state index in [1.165, 1.54) is 12.1 Å². The minimum absolute atomic E-state index is 0.179. The smallest absolute Gasteiger partial charge is 0.416 e. The second kappa shape index (κ2) is 7.59. The van der Waals surface area contributed by atoms with Crippen LogP contribution in [-0.4, -0.2) is 10.2 Å². The number of aromatic nitrogens is 2. The lowest BCUT2D eigenvalue weighted by Gasteiger charge is -2.09. The molecular weight excluding hydrogens is 345 g/mol. The molecule has 26 heavy (non-hydrogen) atoms. The second-order valence-corrected chi connectivity index (χ2v) is 5.76. The van der Waals surface area contributed by atoms with Crippen molar-refractivity contribution in [1.82, 2.24) is 10.2 Å². The Kier molecular flexibility index (Phi) is 5.25. The van der Waals surface area contributed by atoms with Gasteiger partial charge in [0.05, 0.1) is 5.56 Å². The molecule has 0 amide bonds. The SMILES string of the molecule is CCCc1nnc(-c2ccc(OCc3ccc(C(F)(F)F)cc3)cc2)o1. The average Bonchev–Trinajstić information content (AvgIpc) is 3.09. The number of hydrogen-bond acceptors (Lipinski definition) is 4. The third-order valence-electron chi connectivity index (χ3n) is 3.72. The monoisotopic (exact) mass is 362 g/mol. The molecule has 0 N–H and O–H groups in total. The Bertz CT molecular complexity index is 840. The highest BCUT2D eigenvalue weighted by Crippen LogP contribution is 2.29. The fourth-order valence-corrected chi connectivity index (χ4v) is 2.34. The van der Waals surface area contributed by atoms with E-state index in [0.717, 1.165) is 30.5 Å². The number of benzene rings is 2. The molecule has 1 heterocycles. The lowest BCUT2D eigenvalue weighted by molar-refractivity contribution is -0.137. The Morgan fingerprint density at radius 1 is 0.962 bits per heavy atom. The summed E-state index contributed by atoms with van der Waals surface area (Å²) in [6.45, 7) is 2.21. The molecule has 0 atom stereocenters. The molecule has 2 aromatic carbocycles. The van der Waals surface area contributed by atoms with Gasteiger partial charge in [0, 0.05) is 12.0 Å². The summed E-state index contributed by atoms with van der Waals surface area (Å²) >= 11 is 0. The summed E-state index contributed by atoms with van der Waals surface area (Å²) in [6, 6.07) is 12.0. The standard InChI is InChI=1S/C19H17F3N2O2/c1-2-3-17-23-24-18(26-17)14-6-10-16(11-7-14)25-12-13-4-8-15(9-5-13)19(20,21)22/h4-11H,2-3,12H2,1H3. The van der Waals surface area contributed by atoms with Crippen LogP contribution in [0, 0.1) is 0 Å². The minimum Gasteiger partial charge on any atom is -0.489 e. The minimum atomic E-state index is -4.33. The van der Waals surface area contributed by atoms with Crippen molar-refractivity contribution in [3.8, 4) is 17.2 Å². The highest BCUT2D eigenvalue weighted by Gasteiger charge is 2.29. The summed E-state index contributed by atoms with van der Waals surface area (Å²) in [5, 5.41) is 7.98. The van der Waals surface area contributed by atoms with Gasteiger partial charge in [-0.25, -0.2) is 0 Å². The lowest BCUT2D eigenvalue weighted by atomic mass is 10.1. The molecule has 0 aliphatic carbocycles. The van der Waals surface area contributed by atoms with Crippen LogP contribution in [0.1, 0.15) is 30.4 Å². The van der Waals surface area contributed by atoms with Gasteiger partial charge in [0.15, 0.2) is 0 Å². The molecule has 0 fully saturated rings. The molecule has 0 radical (unpaired) electrons. The van der Waals surface area contributed by atoms with Gasteiger partial charge >= 0.3 is 6.18 Å².